The fourth-order valence-electron chi connectivity index (χ4n) is 3.27. The average Bonchev–Trinajstić information content (AvgIpc) is 3.06. The van der Waals surface area contributed by atoms with E-state index in [-0.39, 0.29) is 0 Å². The molecular formula is C21H21NO2S3. The Kier molecular flexibility index (Phi) is 5.71. The van der Waals surface area contributed by atoms with Crippen LogP contribution in [0.15, 0.2) is 42.5 Å². The van der Waals surface area contributed by atoms with E-state index >= 15 is 0 Å². The van der Waals surface area contributed by atoms with Crippen LogP contribution >= 0.6 is 32.9 Å². The Hall–Kier alpha value is -1.57. The summed E-state index contributed by atoms with van der Waals surface area (Å²) in [5.41, 5.74) is 5.59. The lowest BCUT2D eigenvalue weighted by molar-refractivity contribution is 0.0339. The number of hydrogen-bond donors (Lipinski definition) is 1. The molecule has 27 heavy (non-hydrogen) atoms. The van der Waals surface area contributed by atoms with Crippen LogP contribution in [0.25, 0.3) is 21.6 Å². The zero-order chi connectivity index (χ0) is 18.8. The molecule has 1 aliphatic heterocycles. The second-order valence-corrected chi connectivity index (χ2v) is 9.57. The van der Waals surface area contributed by atoms with Crippen molar-refractivity contribution in [2.45, 2.75) is 13.5 Å². The summed E-state index contributed by atoms with van der Waals surface area (Å²) in [4.78, 5) is 3.50. The summed E-state index contributed by atoms with van der Waals surface area (Å²) in [6, 6.07) is 14.4. The topological polar surface area (TPSA) is 32.7 Å². The highest BCUT2D eigenvalue weighted by Gasteiger charge is 2.17. The van der Waals surface area contributed by atoms with Gasteiger partial charge in [-0.05, 0) is 36.2 Å². The van der Waals surface area contributed by atoms with E-state index in [0.717, 1.165) is 58.9 Å². The molecule has 0 radical (unpaired) electrons. The molecule has 0 bridgehead atoms. The molecule has 0 aliphatic carbocycles. The molecule has 1 fully saturated rings. The van der Waals surface area contributed by atoms with Gasteiger partial charge in [-0.1, -0.05) is 62.7 Å². The quantitative estimate of drug-likeness (QED) is 0.436. The Balaban J connectivity index is 1.71. The number of hydrogen-bond acceptors (Lipinski definition) is 6. The van der Waals surface area contributed by atoms with Crippen LogP contribution in [0.1, 0.15) is 11.1 Å². The van der Waals surface area contributed by atoms with E-state index in [1.165, 1.54) is 10.4 Å². The number of rotatable bonds is 4. The maximum absolute atomic E-state index is 10.4. The van der Waals surface area contributed by atoms with Crippen molar-refractivity contribution in [3.05, 3.63) is 57.4 Å². The summed E-state index contributed by atoms with van der Waals surface area (Å²) >= 11 is 5.63. The zero-order valence-electron chi connectivity index (χ0n) is 15.1. The van der Waals surface area contributed by atoms with Crippen molar-refractivity contribution in [3.8, 4) is 27.3 Å². The van der Waals surface area contributed by atoms with E-state index in [1.807, 2.05) is 6.07 Å². The number of ether oxygens (including phenoxy) is 1. The van der Waals surface area contributed by atoms with Crippen molar-refractivity contribution in [1.29, 1.82) is 0 Å². The number of morpholine rings is 1. The van der Waals surface area contributed by atoms with Gasteiger partial charge >= 0.3 is 0 Å². The Morgan fingerprint density at radius 3 is 2.48 bits per heavy atom. The van der Waals surface area contributed by atoms with Crippen molar-refractivity contribution >= 4 is 32.9 Å². The molecule has 0 spiro atoms. The van der Waals surface area contributed by atoms with Gasteiger partial charge in [-0.3, -0.25) is 4.90 Å². The predicted molar refractivity (Wildman–Crippen MR) is 116 cm³/mol. The Morgan fingerprint density at radius 2 is 1.74 bits per heavy atom. The van der Waals surface area contributed by atoms with Crippen LogP contribution in [0.5, 0.6) is 5.75 Å². The number of benzene rings is 2. The van der Waals surface area contributed by atoms with E-state index in [9.17, 15) is 5.11 Å². The molecule has 3 nitrogen and oxygen atoms in total. The zero-order valence-corrected chi connectivity index (χ0v) is 17.6. The summed E-state index contributed by atoms with van der Waals surface area (Å²) in [5, 5.41) is 10.4. The molecule has 1 N–H and O–H groups in total. The Labute approximate surface area is 171 Å². The van der Waals surface area contributed by atoms with Gasteiger partial charge in [0, 0.05) is 30.8 Å². The summed E-state index contributed by atoms with van der Waals surface area (Å²) in [7, 11) is 3.35. The van der Waals surface area contributed by atoms with E-state index in [0.29, 0.717) is 5.75 Å². The van der Waals surface area contributed by atoms with Crippen LogP contribution in [-0.2, 0) is 11.3 Å². The van der Waals surface area contributed by atoms with Gasteiger partial charge in [-0.25, -0.2) is 0 Å². The minimum atomic E-state index is 0.348. The van der Waals surface area contributed by atoms with E-state index in [1.54, 1.807) is 26.7 Å². The molecule has 0 atom stereocenters. The first-order chi connectivity index (χ1) is 13.1. The molecule has 2 heterocycles. The summed E-state index contributed by atoms with van der Waals surface area (Å²) in [6.45, 7) is 6.13. The molecule has 4 rings (SSSR count). The molecule has 2 aromatic carbocycles. The normalized spacial score (nSPS) is 15.1. The Bertz CT molecular complexity index is 985. The van der Waals surface area contributed by atoms with Gasteiger partial charge in [-0.2, -0.15) is 0 Å². The predicted octanol–water partition coefficient (Wildman–Crippen LogP) is 5.72. The van der Waals surface area contributed by atoms with Crippen molar-refractivity contribution in [1.82, 2.24) is 4.90 Å². The van der Waals surface area contributed by atoms with Crippen LogP contribution in [0, 0.1) is 10.7 Å². The fraction of sp³-hybridized carbons (Fsp3) is 0.286. The van der Waals surface area contributed by atoms with Crippen molar-refractivity contribution in [2.24, 2.45) is 0 Å². The van der Waals surface area contributed by atoms with Crippen LogP contribution < -0.4 is 0 Å². The third-order valence-electron chi connectivity index (χ3n) is 4.81. The molecule has 1 saturated heterocycles. The molecule has 0 amide bonds. The van der Waals surface area contributed by atoms with Crippen molar-refractivity contribution in [3.63, 3.8) is 0 Å². The number of aryl methyl sites for hydroxylation is 1. The minimum Gasteiger partial charge on any atom is -0.508 e. The van der Waals surface area contributed by atoms with E-state index in [2.05, 4.69) is 42.2 Å². The summed E-state index contributed by atoms with van der Waals surface area (Å²) in [5.74, 6) is 0.348. The number of phenolic OH excluding ortho intramolecular Hbond substituents is 1. The number of nitrogens with zero attached hydrogens (tertiary/aromatic N) is 1. The Morgan fingerprint density at radius 1 is 1.04 bits per heavy atom. The number of phenols is 1. The molecule has 0 unspecified atom stereocenters. The lowest BCUT2D eigenvalue weighted by Gasteiger charge is -2.27. The third-order valence-corrected chi connectivity index (χ3v) is 7.88. The molecular weight excluding hydrogens is 394 g/mol. The van der Waals surface area contributed by atoms with Crippen LogP contribution in [0.2, 0.25) is 0 Å². The minimum absolute atomic E-state index is 0.348. The fourth-order valence-corrected chi connectivity index (χ4v) is 6.18. The summed E-state index contributed by atoms with van der Waals surface area (Å²) in [6.07, 6.45) is 0. The van der Waals surface area contributed by atoms with Gasteiger partial charge in [0.2, 0.25) is 0 Å². The first-order valence-corrected chi connectivity index (χ1v) is 11.5. The third kappa shape index (κ3) is 4.15. The monoisotopic (exact) mass is 415 g/mol. The molecule has 3 aromatic rings. The molecule has 6 heteroatoms. The average molecular weight is 416 g/mol. The van der Waals surface area contributed by atoms with Crippen LogP contribution in [0.3, 0.4) is 0 Å². The van der Waals surface area contributed by atoms with Crippen molar-refractivity contribution < 1.29 is 9.84 Å². The molecule has 1 aromatic heterocycles. The lowest BCUT2D eigenvalue weighted by Crippen LogP contribution is -2.35. The van der Waals surface area contributed by atoms with Crippen LogP contribution in [0.4, 0.5) is 0 Å². The highest BCUT2D eigenvalue weighted by Crippen LogP contribution is 2.42. The second-order valence-electron chi connectivity index (χ2n) is 6.76. The van der Waals surface area contributed by atoms with Gasteiger partial charge in [0.1, 0.15) is 9.57 Å². The largest absolute Gasteiger partial charge is 0.508 e. The smallest absolute Gasteiger partial charge is 0.120 e. The maximum atomic E-state index is 10.4. The van der Waals surface area contributed by atoms with Crippen molar-refractivity contribution in [2.75, 3.05) is 26.3 Å². The maximum Gasteiger partial charge on any atom is 0.120 e. The molecule has 140 valence electrons. The van der Waals surface area contributed by atoms with E-state index in [4.69, 9.17) is 17.0 Å². The van der Waals surface area contributed by atoms with Gasteiger partial charge < -0.3 is 9.84 Å². The lowest BCUT2D eigenvalue weighted by atomic mass is 10.0. The van der Waals surface area contributed by atoms with E-state index < -0.39 is 0 Å². The second kappa shape index (κ2) is 8.20. The van der Waals surface area contributed by atoms with Gasteiger partial charge in [0.05, 0.1) is 18.1 Å². The number of aromatic hydroxyl groups is 1. The highest BCUT2D eigenvalue weighted by atomic mass is 32.9. The standard InChI is InChI=1S/C21H21NO2S3/c1-14-2-4-15(5-3-14)19-20(26-27-21(19)25)16-6-7-18(23)17(12-16)13-22-8-10-24-11-9-22/h2-7,12,23H,8-11,13H2,1H3. The van der Waals surface area contributed by atoms with Gasteiger partial charge in [-0.15, -0.1) is 0 Å². The SMILES string of the molecule is Cc1ccc(-c2c(-c3ccc(O)c(CN4CCOCC4)c3)ssc2=S)cc1. The molecule has 0 saturated carbocycles. The first-order valence-electron chi connectivity index (χ1n) is 8.94. The van der Waals surface area contributed by atoms with Gasteiger partial charge in [0.25, 0.3) is 0 Å². The van der Waals surface area contributed by atoms with Crippen LogP contribution in [-0.4, -0.2) is 36.3 Å². The van der Waals surface area contributed by atoms with Gasteiger partial charge in [0.15, 0.2) is 0 Å². The first kappa shape index (κ1) is 18.8. The highest BCUT2D eigenvalue weighted by molar-refractivity contribution is 7.80. The summed E-state index contributed by atoms with van der Waals surface area (Å²) < 4.78 is 6.34. The molecule has 1 aliphatic rings.